The lowest BCUT2D eigenvalue weighted by Crippen LogP contribution is -2.37. The number of nitrogens with one attached hydrogen (secondary N) is 3. The molecule has 1 aromatic heterocycles. The van der Waals surface area contributed by atoms with Crippen molar-refractivity contribution >= 4 is 23.9 Å². The van der Waals surface area contributed by atoms with Crippen LogP contribution in [0.2, 0.25) is 0 Å². The Balaban J connectivity index is 1.91. The molecule has 1 unspecified atom stereocenters. The molecule has 170 valence electrons. The van der Waals surface area contributed by atoms with Gasteiger partial charge in [-0.1, -0.05) is 13.0 Å². The molecule has 1 aliphatic heterocycles. The number of amidine groups is 1. The fourth-order valence-electron chi connectivity index (χ4n) is 3.67. The minimum absolute atomic E-state index is 0.00965. The van der Waals surface area contributed by atoms with Crippen molar-refractivity contribution in [2.24, 2.45) is 0 Å². The molecule has 9 heteroatoms. The summed E-state index contributed by atoms with van der Waals surface area (Å²) in [6.07, 6.45) is 1.92. The minimum Gasteiger partial charge on any atom is -0.497 e. The smallest absolute Gasteiger partial charge is 0.260 e. The average Bonchev–Trinajstić information content (AvgIpc) is 3.16. The Labute approximate surface area is 188 Å². The summed E-state index contributed by atoms with van der Waals surface area (Å²) in [5, 5.41) is 28.4. The number of nitrogens with zero attached hydrogens (tertiary/aromatic N) is 3. The van der Waals surface area contributed by atoms with Crippen LogP contribution in [0.3, 0.4) is 0 Å². The van der Waals surface area contributed by atoms with Crippen LogP contribution in [0.25, 0.3) is 0 Å². The van der Waals surface area contributed by atoms with Gasteiger partial charge in [-0.05, 0) is 48.7 Å². The fraction of sp³-hybridized carbons (Fsp3) is 0.391. The van der Waals surface area contributed by atoms with Gasteiger partial charge in [0.05, 0.1) is 26.6 Å². The topological polar surface area (TPSA) is 126 Å². The summed E-state index contributed by atoms with van der Waals surface area (Å²) in [7, 11) is 1.56. The maximum Gasteiger partial charge on any atom is 0.260 e. The standard InChI is InChI=1S/C23H30N6O3/c1-4-15(2)29(14-24)22(25)20-6-5-7-21(27-20)28-13-19-16(12-26-8-9-30)10-17(32-3)11-18(19)23(28)31/h5-7,10-11,14-15,24-26,30H,4,8-9,12-13H2,1-3H3. The van der Waals surface area contributed by atoms with Gasteiger partial charge in [-0.15, -0.1) is 0 Å². The minimum atomic E-state index is -0.177. The van der Waals surface area contributed by atoms with Crippen LogP contribution in [0, 0.1) is 10.8 Å². The molecule has 0 radical (unpaired) electrons. The van der Waals surface area contributed by atoms with Gasteiger partial charge in [-0.25, -0.2) is 4.98 Å². The van der Waals surface area contributed by atoms with E-state index in [4.69, 9.17) is 20.7 Å². The predicted molar refractivity (Wildman–Crippen MR) is 124 cm³/mol. The number of aliphatic hydroxyl groups is 1. The molecule has 32 heavy (non-hydrogen) atoms. The van der Waals surface area contributed by atoms with Crippen molar-refractivity contribution in [1.29, 1.82) is 10.8 Å². The Morgan fingerprint density at radius 1 is 1.44 bits per heavy atom. The van der Waals surface area contributed by atoms with E-state index in [1.165, 1.54) is 0 Å². The summed E-state index contributed by atoms with van der Waals surface area (Å²) in [6, 6.07) is 8.85. The maximum atomic E-state index is 13.2. The highest BCUT2D eigenvalue weighted by Gasteiger charge is 2.32. The largest absolute Gasteiger partial charge is 0.497 e. The molecule has 2 heterocycles. The van der Waals surface area contributed by atoms with Crippen LogP contribution in [0.4, 0.5) is 5.82 Å². The van der Waals surface area contributed by atoms with Crippen LogP contribution in [0.15, 0.2) is 30.3 Å². The van der Waals surface area contributed by atoms with Crippen molar-refractivity contribution in [1.82, 2.24) is 15.2 Å². The summed E-state index contributed by atoms with van der Waals surface area (Å²) in [5.74, 6) is 0.995. The molecule has 9 nitrogen and oxygen atoms in total. The van der Waals surface area contributed by atoms with E-state index < -0.39 is 0 Å². The third kappa shape index (κ3) is 4.63. The van der Waals surface area contributed by atoms with Gasteiger partial charge in [0.1, 0.15) is 17.3 Å². The summed E-state index contributed by atoms with van der Waals surface area (Å²) in [5.41, 5.74) is 2.79. The number of carbonyl (C=O) groups is 1. The zero-order valence-corrected chi connectivity index (χ0v) is 18.7. The highest BCUT2D eigenvalue weighted by molar-refractivity contribution is 6.10. The Morgan fingerprint density at radius 3 is 2.88 bits per heavy atom. The molecule has 1 atom stereocenters. The number of anilines is 1. The number of pyridine rings is 1. The monoisotopic (exact) mass is 438 g/mol. The number of hydrogen-bond acceptors (Lipinski definition) is 7. The van der Waals surface area contributed by atoms with Gasteiger partial charge < -0.3 is 20.1 Å². The van der Waals surface area contributed by atoms with Crippen LogP contribution in [-0.4, -0.2) is 59.4 Å². The number of methoxy groups -OCH3 is 1. The number of carbonyl (C=O) groups excluding carboxylic acids is 1. The molecule has 0 spiro atoms. The number of hydrogen-bond donors (Lipinski definition) is 4. The third-order valence-corrected chi connectivity index (χ3v) is 5.66. The highest BCUT2D eigenvalue weighted by atomic mass is 16.5. The number of benzene rings is 1. The molecule has 0 saturated carbocycles. The van der Waals surface area contributed by atoms with Crippen LogP contribution in [0.1, 0.15) is 47.4 Å². The van der Waals surface area contributed by atoms with E-state index in [1.54, 1.807) is 41.2 Å². The van der Waals surface area contributed by atoms with Gasteiger partial charge in [0.25, 0.3) is 5.91 Å². The Bertz CT molecular complexity index is 1010. The van der Waals surface area contributed by atoms with Crippen LogP contribution < -0.4 is 15.0 Å². The van der Waals surface area contributed by atoms with Crippen molar-refractivity contribution in [3.05, 3.63) is 52.7 Å². The first-order valence-corrected chi connectivity index (χ1v) is 10.6. The van der Waals surface area contributed by atoms with Gasteiger partial charge in [0, 0.05) is 24.7 Å². The molecule has 0 saturated heterocycles. The van der Waals surface area contributed by atoms with E-state index in [1.807, 2.05) is 19.9 Å². The number of aromatic nitrogens is 1. The second-order valence-corrected chi connectivity index (χ2v) is 7.63. The Hall–Kier alpha value is -3.30. The lowest BCUT2D eigenvalue weighted by molar-refractivity contribution is 0.0995. The summed E-state index contributed by atoms with van der Waals surface area (Å²) < 4.78 is 5.38. The summed E-state index contributed by atoms with van der Waals surface area (Å²) in [4.78, 5) is 21.0. The van der Waals surface area contributed by atoms with Gasteiger partial charge in [-0.2, -0.15) is 0 Å². The van der Waals surface area contributed by atoms with Gasteiger partial charge in [0.15, 0.2) is 5.84 Å². The number of amides is 1. The second kappa shape index (κ2) is 10.3. The van der Waals surface area contributed by atoms with Gasteiger partial charge >= 0.3 is 0 Å². The summed E-state index contributed by atoms with van der Waals surface area (Å²) in [6.45, 7) is 5.29. The van der Waals surface area contributed by atoms with Crippen LogP contribution >= 0.6 is 0 Å². The van der Waals surface area contributed by atoms with Crippen molar-refractivity contribution in [2.45, 2.75) is 39.4 Å². The van der Waals surface area contributed by atoms with Crippen molar-refractivity contribution in [3.8, 4) is 5.75 Å². The van der Waals surface area contributed by atoms with E-state index in [0.717, 1.165) is 23.9 Å². The third-order valence-electron chi connectivity index (χ3n) is 5.66. The zero-order valence-electron chi connectivity index (χ0n) is 18.7. The van der Waals surface area contributed by atoms with E-state index >= 15 is 0 Å². The van der Waals surface area contributed by atoms with Crippen LogP contribution in [-0.2, 0) is 13.1 Å². The Kier molecular flexibility index (Phi) is 7.55. The molecule has 4 N–H and O–H groups in total. The molecular weight excluding hydrogens is 408 g/mol. The van der Waals surface area contributed by atoms with Gasteiger partial charge in [0.2, 0.25) is 0 Å². The van der Waals surface area contributed by atoms with E-state index in [9.17, 15) is 4.79 Å². The predicted octanol–water partition coefficient (Wildman–Crippen LogP) is 2.37. The number of ether oxygens (including phenoxy) is 1. The zero-order chi connectivity index (χ0) is 23.3. The Morgan fingerprint density at radius 2 is 2.22 bits per heavy atom. The second-order valence-electron chi connectivity index (χ2n) is 7.63. The van der Waals surface area contributed by atoms with Crippen molar-refractivity contribution < 1.29 is 14.6 Å². The molecule has 3 rings (SSSR count). The molecule has 0 aliphatic carbocycles. The van der Waals surface area contributed by atoms with E-state index in [-0.39, 0.29) is 24.4 Å². The molecule has 1 aliphatic rings. The van der Waals surface area contributed by atoms with E-state index in [2.05, 4.69) is 10.3 Å². The summed E-state index contributed by atoms with van der Waals surface area (Å²) >= 11 is 0. The maximum absolute atomic E-state index is 13.2. The highest BCUT2D eigenvalue weighted by Crippen LogP contribution is 2.33. The molecule has 1 amide bonds. The lowest BCUT2D eigenvalue weighted by atomic mass is 10.0. The molecular formula is C23H30N6O3. The molecule has 0 bridgehead atoms. The fourth-order valence-corrected chi connectivity index (χ4v) is 3.67. The molecule has 0 fully saturated rings. The lowest BCUT2D eigenvalue weighted by Gasteiger charge is -2.26. The quantitative estimate of drug-likeness (QED) is 0.256. The molecule has 1 aromatic carbocycles. The first-order chi connectivity index (χ1) is 15.4. The first-order valence-electron chi connectivity index (χ1n) is 10.6. The number of fused-ring (bicyclic) bond motifs is 1. The normalized spacial score (nSPS) is 13.6. The first kappa shape index (κ1) is 23.4. The number of rotatable bonds is 10. The van der Waals surface area contributed by atoms with E-state index in [0.29, 0.717) is 42.5 Å². The molecule has 2 aromatic rings. The van der Waals surface area contributed by atoms with Gasteiger partial charge in [-0.3, -0.25) is 20.5 Å². The number of aliphatic hydroxyl groups excluding tert-OH is 1. The van der Waals surface area contributed by atoms with Crippen molar-refractivity contribution in [3.63, 3.8) is 0 Å². The van der Waals surface area contributed by atoms with Crippen LogP contribution in [0.5, 0.6) is 5.75 Å². The average molecular weight is 439 g/mol. The SMILES string of the molecule is CCC(C)N(C=N)C(=N)c1cccc(N2Cc3c(CNCCO)cc(OC)cc3C2=O)n1. The van der Waals surface area contributed by atoms with Crippen molar-refractivity contribution in [2.75, 3.05) is 25.2 Å².